The van der Waals surface area contributed by atoms with E-state index in [-0.39, 0.29) is 30.5 Å². The molecule has 0 spiro atoms. The van der Waals surface area contributed by atoms with Gasteiger partial charge in [0.05, 0.1) is 22.3 Å². The molecule has 3 aromatic carbocycles. The summed E-state index contributed by atoms with van der Waals surface area (Å²) in [6.07, 6.45) is 0.0844. The largest absolute Gasteiger partial charge is 0.328 e. The number of hydrogen-bond donors (Lipinski definition) is 2. The van der Waals surface area contributed by atoms with Gasteiger partial charge in [-0.1, -0.05) is 35.9 Å². The van der Waals surface area contributed by atoms with Crippen LogP contribution in [0.1, 0.15) is 16.8 Å². The summed E-state index contributed by atoms with van der Waals surface area (Å²) in [4.78, 5) is 37.9. The summed E-state index contributed by atoms with van der Waals surface area (Å²) in [6, 6.07) is 21.0. The smallest absolute Gasteiger partial charge is 0.325 e. The Morgan fingerprint density at radius 2 is 1.53 bits per heavy atom. The van der Waals surface area contributed by atoms with Gasteiger partial charge >= 0.3 is 5.69 Å². The topological polar surface area (TPSA) is 85.1 Å². The van der Waals surface area contributed by atoms with Crippen molar-refractivity contribution in [1.82, 2.24) is 9.13 Å². The maximum atomic E-state index is 12.7. The highest BCUT2D eigenvalue weighted by molar-refractivity contribution is 6.30. The summed E-state index contributed by atoms with van der Waals surface area (Å²) in [5.74, 6) is -0.648. The van der Waals surface area contributed by atoms with Crippen LogP contribution in [0.5, 0.6) is 0 Å². The number of aryl methyl sites for hydroxylation is 2. The molecule has 0 saturated heterocycles. The molecular formula is C24H21ClN4O3. The van der Waals surface area contributed by atoms with Crippen molar-refractivity contribution in [3.8, 4) is 0 Å². The van der Waals surface area contributed by atoms with Gasteiger partial charge in [0.25, 0.3) is 5.91 Å². The molecule has 2 N–H and O–H groups in total. The van der Waals surface area contributed by atoms with Gasteiger partial charge in [0.1, 0.15) is 0 Å². The predicted octanol–water partition coefficient (Wildman–Crippen LogP) is 4.27. The summed E-state index contributed by atoms with van der Waals surface area (Å²) < 4.78 is 3.14. The average molecular weight is 449 g/mol. The normalized spacial score (nSPS) is 10.8. The second-order valence-electron chi connectivity index (χ2n) is 7.29. The number of carbonyl (C=O) groups is 2. The first-order valence-corrected chi connectivity index (χ1v) is 10.4. The number of imidazole rings is 1. The van der Waals surface area contributed by atoms with Gasteiger partial charge in [-0.3, -0.25) is 18.7 Å². The van der Waals surface area contributed by atoms with Gasteiger partial charge in [-0.15, -0.1) is 0 Å². The number of aromatic nitrogens is 2. The molecule has 0 atom stereocenters. The van der Waals surface area contributed by atoms with Crippen LogP contribution in [0.25, 0.3) is 11.0 Å². The van der Waals surface area contributed by atoms with E-state index in [4.69, 9.17) is 11.6 Å². The second kappa shape index (κ2) is 9.11. The fraction of sp³-hybridized carbons (Fsp3) is 0.125. The van der Waals surface area contributed by atoms with E-state index in [2.05, 4.69) is 10.6 Å². The quantitative estimate of drug-likeness (QED) is 0.462. The van der Waals surface area contributed by atoms with E-state index >= 15 is 0 Å². The Balaban J connectivity index is 1.46. The third-order valence-electron chi connectivity index (χ3n) is 5.16. The van der Waals surface area contributed by atoms with Gasteiger partial charge < -0.3 is 10.6 Å². The summed E-state index contributed by atoms with van der Waals surface area (Å²) >= 11 is 5.88. The Morgan fingerprint density at radius 1 is 0.875 bits per heavy atom. The first-order chi connectivity index (χ1) is 15.4. The van der Waals surface area contributed by atoms with Gasteiger partial charge in [0.2, 0.25) is 5.91 Å². The molecular weight excluding hydrogens is 428 g/mol. The van der Waals surface area contributed by atoms with Crippen LogP contribution in [0.15, 0.2) is 77.6 Å². The minimum Gasteiger partial charge on any atom is -0.325 e. The molecule has 0 saturated carbocycles. The van der Waals surface area contributed by atoms with E-state index in [0.717, 1.165) is 11.0 Å². The zero-order chi connectivity index (χ0) is 22.7. The second-order valence-corrected chi connectivity index (χ2v) is 7.72. The molecule has 0 aliphatic carbocycles. The molecule has 0 fully saturated rings. The first-order valence-electron chi connectivity index (χ1n) is 10.0. The van der Waals surface area contributed by atoms with Crippen molar-refractivity contribution in [2.24, 2.45) is 7.05 Å². The van der Waals surface area contributed by atoms with Gasteiger partial charge in [-0.05, 0) is 48.5 Å². The van der Waals surface area contributed by atoms with E-state index in [0.29, 0.717) is 22.0 Å². The Morgan fingerprint density at radius 3 is 2.28 bits per heavy atom. The fourth-order valence-electron chi connectivity index (χ4n) is 3.53. The number of fused-ring (bicyclic) bond motifs is 1. The highest BCUT2D eigenvalue weighted by Crippen LogP contribution is 2.19. The summed E-state index contributed by atoms with van der Waals surface area (Å²) in [5, 5.41) is 6.15. The number of rotatable bonds is 6. The van der Waals surface area contributed by atoms with Gasteiger partial charge in [-0.2, -0.15) is 0 Å². The SMILES string of the molecule is Cn1c(=O)n(CCC(=O)Nc2ccccc2C(=O)Nc2ccc(Cl)cc2)c2ccccc21. The molecule has 2 amide bonds. The lowest BCUT2D eigenvalue weighted by Gasteiger charge is -2.12. The Bertz CT molecular complexity index is 1360. The van der Waals surface area contributed by atoms with Gasteiger partial charge in [0, 0.05) is 30.7 Å². The first kappa shape index (κ1) is 21.4. The van der Waals surface area contributed by atoms with Crippen molar-refractivity contribution in [3.63, 3.8) is 0 Å². The van der Waals surface area contributed by atoms with Crippen molar-refractivity contribution < 1.29 is 9.59 Å². The minimum atomic E-state index is -0.353. The number of carbonyl (C=O) groups excluding carboxylic acids is 2. The third-order valence-corrected chi connectivity index (χ3v) is 5.41. The van der Waals surface area contributed by atoms with Gasteiger partial charge in [0.15, 0.2) is 0 Å². The molecule has 0 radical (unpaired) electrons. The lowest BCUT2D eigenvalue weighted by atomic mass is 10.1. The number of benzene rings is 3. The zero-order valence-corrected chi connectivity index (χ0v) is 18.1. The minimum absolute atomic E-state index is 0.0844. The van der Waals surface area contributed by atoms with Crippen molar-refractivity contribution >= 4 is 45.8 Å². The highest BCUT2D eigenvalue weighted by Gasteiger charge is 2.15. The van der Waals surface area contributed by atoms with E-state index in [1.165, 1.54) is 0 Å². The molecule has 4 aromatic rings. The monoisotopic (exact) mass is 448 g/mol. The average Bonchev–Trinajstić information content (AvgIpc) is 3.04. The summed E-state index contributed by atoms with van der Waals surface area (Å²) in [6.45, 7) is 0.227. The van der Waals surface area contributed by atoms with Crippen molar-refractivity contribution in [2.75, 3.05) is 10.6 Å². The summed E-state index contributed by atoms with van der Waals surface area (Å²) in [5.41, 5.74) is 2.72. The number of amides is 2. The number of para-hydroxylation sites is 3. The molecule has 8 heteroatoms. The fourth-order valence-corrected chi connectivity index (χ4v) is 3.65. The molecule has 0 bridgehead atoms. The third kappa shape index (κ3) is 4.43. The van der Waals surface area contributed by atoms with Crippen molar-refractivity contribution in [3.05, 3.63) is 93.9 Å². The molecule has 7 nitrogen and oxygen atoms in total. The van der Waals surface area contributed by atoms with Crippen molar-refractivity contribution in [2.45, 2.75) is 13.0 Å². The molecule has 32 heavy (non-hydrogen) atoms. The summed E-state index contributed by atoms with van der Waals surface area (Å²) in [7, 11) is 1.71. The van der Waals surface area contributed by atoms with E-state index < -0.39 is 0 Å². The van der Waals surface area contributed by atoms with Crippen LogP contribution >= 0.6 is 11.6 Å². The van der Waals surface area contributed by atoms with Crippen LogP contribution in [0, 0.1) is 0 Å². The van der Waals surface area contributed by atoms with Gasteiger partial charge in [-0.25, -0.2) is 4.79 Å². The van der Waals surface area contributed by atoms with Crippen LogP contribution in [0.2, 0.25) is 5.02 Å². The number of nitrogens with one attached hydrogen (secondary N) is 2. The molecule has 0 aliphatic rings. The predicted molar refractivity (Wildman–Crippen MR) is 126 cm³/mol. The molecule has 0 aliphatic heterocycles. The van der Waals surface area contributed by atoms with Crippen LogP contribution in [-0.4, -0.2) is 20.9 Å². The van der Waals surface area contributed by atoms with Crippen molar-refractivity contribution in [1.29, 1.82) is 0 Å². The Hall–Kier alpha value is -3.84. The van der Waals surface area contributed by atoms with Crippen LogP contribution < -0.4 is 16.3 Å². The van der Waals surface area contributed by atoms with Crippen LogP contribution in [0.3, 0.4) is 0 Å². The number of anilines is 2. The molecule has 0 unspecified atom stereocenters. The molecule has 1 aromatic heterocycles. The standard InChI is InChI=1S/C24H21ClN4O3/c1-28-20-8-4-5-9-21(20)29(24(28)32)15-14-22(30)27-19-7-3-2-6-18(19)23(31)26-17-12-10-16(25)11-13-17/h2-13H,14-15H2,1H3,(H,26,31)(H,27,30). The maximum absolute atomic E-state index is 12.7. The van der Waals surface area contributed by atoms with E-state index in [9.17, 15) is 14.4 Å². The van der Waals surface area contributed by atoms with Crippen LogP contribution in [0.4, 0.5) is 11.4 Å². The zero-order valence-electron chi connectivity index (χ0n) is 17.3. The number of halogens is 1. The molecule has 4 rings (SSSR count). The van der Waals surface area contributed by atoms with E-state index in [1.807, 2.05) is 24.3 Å². The molecule has 162 valence electrons. The molecule has 1 heterocycles. The number of nitrogens with zero attached hydrogens (tertiary/aromatic N) is 2. The van der Waals surface area contributed by atoms with Crippen LogP contribution in [-0.2, 0) is 18.4 Å². The highest BCUT2D eigenvalue weighted by atomic mass is 35.5. The lowest BCUT2D eigenvalue weighted by Crippen LogP contribution is -2.25. The number of hydrogen-bond acceptors (Lipinski definition) is 3. The maximum Gasteiger partial charge on any atom is 0.328 e. The van der Waals surface area contributed by atoms with E-state index in [1.54, 1.807) is 64.7 Å². The lowest BCUT2D eigenvalue weighted by molar-refractivity contribution is -0.116. The Labute approximate surface area is 189 Å². The Kier molecular flexibility index (Phi) is 6.09.